The van der Waals surface area contributed by atoms with Gasteiger partial charge in [-0.3, -0.25) is 4.79 Å². The summed E-state index contributed by atoms with van der Waals surface area (Å²) in [6.07, 6.45) is 3.25. The summed E-state index contributed by atoms with van der Waals surface area (Å²) >= 11 is 1.21. The zero-order valence-electron chi connectivity index (χ0n) is 14.0. The highest BCUT2D eigenvalue weighted by Gasteiger charge is 2.21. The van der Waals surface area contributed by atoms with E-state index in [1.54, 1.807) is 19.5 Å². The first kappa shape index (κ1) is 17.3. The van der Waals surface area contributed by atoms with Gasteiger partial charge in [0.05, 0.1) is 12.9 Å². The van der Waals surface area contributed by atoms with Gasteiger partial charge in [0.1, 0.15) is 10.8 Å². The minimum Gasteiger partial charge on any atom is -0.497 e. The summed E-state index contributed by atoms with van der Waals surface area (Å²) in [5.74, 6) is 0.744. The molecule has 1 aromatic carbocycles. The Morgan fingerprint density at radius 1 is 1.12 bits per heavy atom. The van der Waals surface area contributed by atoms with Gasteiger partial charge in [0.25, 0.3) is 0 Å². The van der Waals surface area contributed by atoms with Gasteiger partial charge in [-0.25, -0.2) is 9.97 Å². The lowest BCUT2D eigenvalue weighted by molar-refractivity contribution is -0.133. The van der Waals surface area contributed by atoms with E-state index < -0.39 is 5.97 Å². The standard InChI is InChI=1S/C17H20N4O3S/c1-24-14-4-2-13(3-5-14)20-8-10-21(11-9-20)16-17(19-7-6-18-16)25-12-15(22)23/h2-7H,8-12H2,1H3,(H,22,23). The van der Waals surface area contributed by atoms with Crippen LogP contribution in [0.2, 0.25) is 0 Å². The minimum atomic E-state index is -0.856. The summed E-state index contributed by atoms with van der Waals surface area (Å²) < 4.78 is 5.20. The van der Waals surface area contributed by atoms with Crippen LogP contribution in [-0.2, 0) is 4.79 Å². The Hall–Kier alpha value is -2.48. The summed E-state index contributed by atoms with van der Waals surface area (Å²) in [5.41, 5.74) is 1.17. The van der Waals surface area contributed by atoms with Crippen LogP contribution in [0, 0.1) is 0 Å². The SMILES string of the molecule is COc1ccc(N2CCN(c3nccnc3SCC(=O)O)CC2)cc1. The molecule has 1 saturated heterocycles. The van der Waals surface area contributed by atoms with Gasteiger partial charge in [0.2, 0.25) is 0 Å². The molecule has 2 heterocycles. The predicted molar refractivity (Wildman–Crippen MR) is 97.8 cm³/mol. The van der Waals surface area contributed by atoms with E-state index in [0.717, 1.165) is 37.7 Å². The Bertz CT molecular complexity index is 718. The van der Waals surface area contributed by atoms with Gasteiger partial charge >= 0.3 is 5.97 Å². The summed E-state index contributed by atoms with van der Waals surface area (Å²) in [7, 11) is 1.66. The largest absolute Gasteiger partial charge is 0.497 e. The Morgan fingerprint density at radius 2 is 1.76 bits per heavy atom. The van der Waals surface area contributed by atoms with Gasteiger partial charge in [0.15, 0.2) is 5.82 Å². The number of thioether (sulfide) groups is 1. The molecule has 0 saturated carbocycles. The number of piperazine rings is 1. The third-order valence-electron chi connectivity index (χ3n) is 4.00. The zero-order valence-corrected chi connectivity index (χ0v) is 14.8. The van der Waals surface area contributed by atoms with Crippen LogP contribution in [0.5, 0.6) is 5.75 Å². The number of carbonyl (C=O) groups is 1. The van der Waals surface area contributed by atoms with Gasteiger partial charge in [-0.2, -0.15) is 0 Å². The van der Waals surface area contributed by atoms with Gasteiger partial charge in [-0.05, 0) is 24.3 Å². The van der Waals surface area contributed by atoms with Crippen molar-refractivity contribution in [2.75, 3.05) is 48.8 Å². The average Bonchev–Trinajstić information content (AvgIpc) is 2.67. The van der Waals surface area contributed by atoms with E-state index in [1.807, 2.05) is 12.1 Å². The number of hydrogen-bond acceptors (Lipinski definition) is 7. The molecule has 1 aliphatic rings. The molecule has 0 amide bonds. The molecule has 8 heteroatoms. The first-order valence-electron chi connectivity index (χ1n) is 7.97. The predicted octanol–water partition coefficient (Wildman–Crippen LogP) is 1.99. The molecule has 7 nitrogen and oxygen atoms in total. The first-order valence-corrected chi connectivity index (χ1v) is 8.95. The van der Waals surface area contributed by atoms with Gasteiger partial charge < -0.3 is 19.6 Å². The number of methoxy groups -OCH3 is 1. The van der Waals surface area contributed by atoms with Crippen LogP contribution < -0.4 is 14.5 Å². The maximum Gasteiger partial charge on any atom is 0.313 e. The number of carboxylic acid groups (broad SMARTS) is 1. The van der Waals surface area contributed by atoms with Crippen molar-refractivity contribution in [3.8, 4) is 5.75 Å². The Morgan fingerprint density at radius 3 is 2.40 bits per heavy atom. The number of aromatic nitrogens is 2. The van der Waals surface area contributed by atoms with Crippen LogP contribution in [0.1, 0.15) is 0 Å². The normalized spacial score (nSPS) is 14.4. The summed E-state index contributed by atoms with van der Waals surface area (Å²) in [6.45, 7) is 3.36. The number of aliphatic carboxylic acids is 1. The highest BCUT2D eigenvalue weighted by Crippen LogP contribution is 2.27. The highest BCUT2D eigenvalue weighted by molar-refractivity contribution is 8.00. The van der Waals surface area contributed by atoms with Crippen molar-refractivity contribution in [3.63, 3.8) is 0 Å². The maximum absolute atomic E-state index is 10.8. The molecule has 1 N–H and O–H groups in total. The number of rotatable bonds is 6. The molecule has 132 valence electrons. The molecule has 3 rings (SSSR count). The van der Waals surface area contributed by atoms with Crippen LogP contribution >= 0.6 is 11.8 Å². The monoisotopic (exact) mass is 360 g/mol. The lowest BCUT2D eigenvalue weighted by Gasteiger charge is -2.37. The van der Waals surface area contributed by atoms with Crippen molar-refractivity contribution < 1.29 is 14.6 Å². The Labute approximate surface area is 150 Å². The van der Waals surface area contributed by atoms with E-state index in [2.05, 4.69) is 31.9 Å². The molecular weight excluding hydrogens is 340 g/mol. The molecule has 0 atom stereocenters. The number of benzene rings is 1. The summed E-state index contributed by atoms with van der Waals surface area (Å²) in [4.78, 5) is 24.0. The third-order valence-corrected chi connectivity index (χ3v) is 4.95. The number of nitrogens with zero attached hydrogens (tertiary/aromatic N) is 4. The fraction of sp³-hybridized carbons (Fsp3) is 0.353. The molecule has 2 aromatic rings. The fourth-order valence-electron chi connectivity index (χ4n) is 2.74. The smallest absolute Gasteiger partial charge is 0.313 e. The molecular formula is C17H20N4O3S. The van der Waals surface area contributed by atoms with Gasteiger partial charge in [-0.1, -0.05) is 11.8 Å². The van der Waals surface area contributed by atoms with E-state index in [-0.39, 0.29) is 5.75 Å². The van der Waals surface area contributed by atoms with Crippen molar-refractivity contribution in [1.29, 1.82) is 0 Å². The fourth-order valence-corrected chi connectivity index (χ4v) is 3.44. The van der Waals surface area contributed by atoms with Crippen LogP contribution in [0.3, 0.4) is 0 Å². The van der Waals surface area contributed by atoms with E-state index in [1.165, 1.54) is 17.4 Å². The minimum absolute atomic E-state index is 0.0164. The zero-order chi connectivity index (χ0) is 17.6. The van der Waals surface area contributed by atoms with Crippen molar-refractivity contribution in [2.45, 2.75) is 5.03 Å². The van der Waals surface area contributed by atoms with E-state index in [0.29, 0.717) is 5.03 Å². The van der Waals surface area contributed by atoms with Crippen LogP contribution in [-0.4, -0.2) is 60.1 Å². The molecule has 1 aliphatic heterocycles. The first-order chi connectivity index (χ1) is 12.2. The molecule has 25 heavy (non-hydrogen) atoms. The van der Waals surface area contributed by atoms with Gasteiger partial charge in [0, 0.05) is 44.3 Å². The molecule has 1 fully saturated rings. The van der Waals surface area contributed by atoms with Crippen molar-refractivity contribution in [3.05, 3.63) is 36.7 Å². The molecule has 0 radical (unpaired) electrons. The van der Waals surface area contributed by atoms with Crippen LogP contribution in [0.4, 0.5) is 11.5 Å². The quantitative estimate of drug-likeness (QED) is 0.784. The summed E-state index contributed by atoms with van der Waals surface area (Å²) in [5, 5.41) is 9.55. The number of hydrogen-bond donors (Lipinski definition) is 1. The second kappa shape index (κ2) is 8.06. The highest BCUT2D eigenvalue weighted by atomic mass is 32.2. The topological polar surface area (TPSA) is 78.8 Å². The average molecular weight is 360 g/mol. The maximum atomic E-state index is 10.8. The Balaban J connectivity index is 1.64. The molecule has 0 bridgehead atoms. The molecule has 0 unspecified atom stereocenters. The lowest BCUT2D eigenvalue weighted by Crippen LogP contribution is -2.47. The Kier molecular flexibility index (Phi) is 5.60. The molecule has 1 aromatic heterocycles. The van der Waals surface area contributed by atoms with E-state index in [9.17, 15) is 4.79 Å². The second-order valence-corrected chi connectivity index (χ2v) is 6.50. The van der Waals surface area contributed by atoms with Crippen molar-refractivity contribution in [2.24, 2.45) is 0 Å². The summed E-state index contributed by atoms with van der Waals surface area (Å²) in [6, 6.07) is 8.05. The number of carboxylic acids is 1. The number of anilines is 2. The van der Waals surface area contributed by atoms with Crippen molar-refractivity contribution in [1.82, 2.24) is 9.97 Å². The lowest BCUT2D eigenvalue weighted by atomic mass is 10.2. The molecule has 0 spiro atoms. The third kappa shape index (κ3) is 4.33. The van der Waals surface area contributed by atoms with E-state index in [4.69, 9.17) is 9.84 Å². The van der Waals surface area contributed by atoms with Gasteiger partial charge in [-0.15, -0.1) is 0 Å². The van der Waals surface area contributed by atoms with E-state index >= 15 is 0 Å². The molecule has 0 aliphatic carbocycles. The van der Waals surface area contributed by atoms with Crippen LogP contribution in [0.25, 0.3) is 0 Å². The van der Waals surface area contributed by atoms with Crippen molar-refractivity contribution >= 4 is 29.2 Å². The second-order valence-electron chi connectivity index (χ2n) is 5.54. The van der Waals surface area contributed by atoms with Crippen LogP contribution in [0.15, 0.2) is 41.7 Å². The number of ether oxygens (including phenoxy) is 1.